The SMILES string of the molecule is Cc1ccc(C(=O)C2(C)CCCC2)s1. The zero-order chi connectivity index (χ0) is 10.2. The molecule has 0 aliphatic heterocycles. The van der Waals surface area contributed by atoms with Crippen molar-refractivity contribution in [3.05, 3.63) is 21.9 Å². The van der Waals surface area contributed by atoms with E-state index in [1.54, 1.807) is 11.3 Å². The summed E-state index contributed by atoms with van der Waals surface area (Å²) in [5, 5.41) is 0. The Morgan fingerprint density at radius 2 is 2.00 bits per heavy atom. The van der Waals surface area contributed by atoms with Crippen molar-refractivity contribution >= 4 is 17.1 Å². The molecule has 0 amide bonds. The van der Waals surface area contributed by atoms with Crippen molar-refractivity contribution in [2.75, 3.05) is 0 Å². The first-order valence-corrected chi connectivity index (χ1v) is 6.05. The van der Waals surface area contributed by atoms with E-state index in [2.05, 4.69) is 13.8 Å². The van der Waals surface area contributed by atoms with Gasteiger partial charge < -0.3 is 0 Å². The highest BCUT2D eigenvalue weighted by Crippen LogP contribution is 2.41. The lowest BCUT2D eigenvalue weighted by atomic mass is 9.83. The van der Waals surface area contributed by atoms with Crippen LogP contribution in [0.4, 0.5) is 0 Å². The van der Waals surface area contributed by atoms with Gasteiger partial charge in [0.2, 0.25) is 0 Å². The van der Waals surface area contributed by atoms with Crippen LogP contribution >= 0.6 is 11.3 Å². The van der Waals surface area contributed by atoms with E-state index < -0.39 is 0 Å². The molecule has 1 saturated carbocycles. The summed E-state index contributed by atoms with van der Waals surface area (Å²) >= 11 is 1.63. The summed E-state index contributed by atoms with van der Waals surface area (Å²) < 4.78 is 0. The lowest BCUT2D eigenvalue weighted by Gasteiger charge is -2.20. The van der Waals surface area contributed by atoms with Gasteiger partial charge in [-0.05, 0) is 31.9 Å². The van der Waals surface area contributed by atoms with Gasteiger partial charge in [-0.3, -0.25) is 4.79 Å². The number of hydrogen-bond acceptors (Lipinski definition) is 2. The molecule has 1 aliphatic rings. The van der Waals surface area contributed by atoms with Crippen molar-refractivity contribution in [3.8, 4) is 0 Å². The minimum atomic E-state index is -0.0582. The van der Waals surface area contributed by atoms with Crippen molar-refractivity contribution in [1.82, 2.24) is 0 Å². The fourth-order valence-electron chi connectivity index (χ4n) is 2.24. The molecule has 0 N–H and O–H groups in total. The summed E-state index contributed by atoms with van der Waals surface area (Å²) in [5.74, 6) is 0.369. The Labute approximate surface area is 89.1 Å². The Kier molecular flexibility index (Phi) is 2.48. The van der Waals surface area contributed by atoms with E-state index in [-0.39, 0.29) is 5.41 Å². The molecule has 1 heterocycles. The van der Waals surface area contributed by atoms with Crippen molar-refractivity contribution in [2.45, 2.75) is 39.5 Å². The van der Waals surface area contributed by atoms with Gasteiger partial charge in [0, 0.05) is 10.3 Å². The summed E-state index contributed by atoms with van der Waals surface area (Å²) in [5.41, 5.74) is -0.0582. The molecule has 1 nitrogen and oxygen atoms in total. The van der Waals surface area contributed by atoms with E-state index >= 15 is 0 Å². The molecule has 0 radical (unpaired) electrons. The number of rotatable bonds is 2. The van der Waals surface area contributed by atoms with Crippen LogP contribution in [0, 0.1) is 12.3 Å². The van der Waals surface area contributed by atoms with Crippen LogP contribution in [0.5, 0.6) is 0 Å². The Morgan fingerprint density at radius 1 is 1.36 bits per heavy atom. The molecule has 14 heavy (non-hydrogen) atoms. The molecule has 0 spiro atoms. The lowest BCUT2D eigenvalue weighted by Crippen LogP contribution is -2.23. The van der Waals surface area contributed by atoms with Gasteiger partial charge in [-0.1, -0.05) is 19.8 Å². The Hall–Kier alpha value is -0.630. The Balaban J connectivity index is 2.23. The van der Waals surface area contributed by atoms with Gasteiger partial charge >= 0.3 is 0 Å². The van der Waals surface area contributed by atoms with Gasteiger partial charge in [-0.15, -0.1) is 11.3 Å². The highest BCUT2D eigenvalue weighted by Gasteiger charge is 2.37. The molecular weight excluding hydrogens is 192 g/mol. The van der Waals surface area contributed by atoms with Crippen LogP contribution < -0.4 is 0 Å². The molecule has 1 aromatic heterocycles. The largest absolute Gasteiger partial charge is 0.293 e. The first-order chi connectivity index (χ1) is 6.62. The summed E-state index contributed by atoms with van der Waals surface area (Å²) in [6.07, 6.45) is 4.57. The number of aryl methyl sites for hydroxylation is 1. The van der Waals surface area contributed by atoms with Gasteiger partial charge in [-0.25, -0.2) is 0 Å². The Morgan fingerprint density at radius 3 is 2.50 bits per heavy atom. The van der Waals surface area contributed by atoms with E-state index in [0.29, 0.717) is 5.78 Å². The third-order valence-electron chi connectivity index (χ3n) is 3.22. The highest BCUT2D eigenvalue weighted by molar-refractivity contribution is 7.14. The van der Waals surface area contributed by atoms with E-state index in [1.807, 2.05) is 12.1 Å². The van der Waals surface area contributed by atoms with Crippen LogP contribution in [0.25, 0.3) is 0 Å². The highest BCUT2D eigenvalue weighted by atomic mass is 32.1. The molecule has 2 rings (SSSR count). The van der Waals surface area contributed by atoms with Crippen LogP contribution in [0.15, 0.2) is 12.1 Å². The maximum atomic E-state index is 12.2. The molecule has 0 atom stereocenters. The molecule has 0 bridgehead atoms. The number of carbonyl (C=O) groups excluding carboxylic acids is 1. The van der Waals surface area contributed by atoms with E-state index in [1.165, 1.54) is 17.7 Å². The molecule has 0 unspecified atom stereocenters. The minimum absolute atomic E-state index is 0.0582. The van der Waals surface area contributed by atoms with E-state index in [0.717, 1.165) is 17.7 Å². The fourth-order valence-corrected chi connectivity index (χ4v) is 3.19. The number of ketones is 1. The van der Waals surface area contributed by atoms with Crippen molar-refractivity contribution < 1.29 is 4.79 Å². The minimum Gasteiger partial charge on any atom is -0.293 e. The summed E-state index contributed by atoms with van der Waals surface area (Å²) in [6, 6.07) is 4.02. The number of thiophene rings is 1. The Bertz CT molecular complexity index is 345. The number of carbonyl (C=O) groups is 1. The first kappa shape index (κ1) is 9.91. The number of Topliss-reactive ketones (excluding diaryl/α,β-unsaturated/α-hetero) is 1. The third kappa shape index (κ3) is 1.63. The molecular formula is C12H16OS. The predicted molar refractivity (Wildman–Crippen MR) is 60.0 cm³/mol. The van der Waals surface area contributed by atoms with Gasteiger partial charge in [-0.2, -0.15) is 0 Å². The standard InChI is InChI=1S/C12H16OS/c1-9-5-6-10(14-9)11(13)12(2)7-3-4-8-12/h5-6H,3-4,7-8H2,1-2H3. The smallest absolute Gasteiger partial charge is 0.178 e. The fraction of sp³-hybridized carbons (Fsp3) is 0.583. The summed E-state index contributed by atoms with van der Waals surface area (Å²) in [4.78, 5) is 14.4. The van der Waals surface area contributed by atoms with E-state index in [4.69, 9.17) is 0 Å². The first-order valence-electron chi connectivity index (χ1n) is 5.23. The van der Waals surface area contributed by atoms with E-state index in [9.17, 15) is 4.79 Å². The maximum absolute atomic E-state index is 12.2. The van der Waals surface area contributed by atoms with Crippen LogP contribution in [0.2, 0.25) is 0 Å². The average molecular weight is 208 g/mol. The zero-order valence-electron chi connectivity index (χ0n) is 8.80. The maximum Gasteiger partial charge on any atom is 0.178 e. The molecule has 1 aromatic rings. The summed E-state index contributed by atoms with van der Waals surface area (Å²) in [7, 11) is 0. The zero-order valence-corrected chi connectivity index (χ0v) is 9.62. The third-order valence-corrected chi connectivity index (χ3v) is 4.22. The molecule has 0 saturated heterocycles. The monoisotopic (exact) mass is 208 g/mol. The second-order valence-electron chi connectivity index (χ2n) is 4.51. The number of hydrogen-bond donors (Lipinski definition) is 0. The molecule has 0 aromatic carbocycles. The lowest BCUT2D eigenvalue weighted by molar-refractivity contribution is 0.0828. The summed E-state index contributed by atoms with van der Waals surface area (Å²) in [6.45, 7) is 4.18. The molecule has 1 aliphatic carbocycles. The topological polar surface area (TPSA) is 17.1 Å². The van der Waals surface area contributed by atoms with Gasteiger partial charge in [0.1, 0.15) is 0 Å². The van der Waals surface area contributed by atoms with Crippen molar-refractivity contribution in [1.29, 1.82) is 0 Å². The van der Waals surface area contributed by atoms with Crippen LogP contribution in [0.1, 0.15) is 47.2 Å². The van der Waals surface area contributed by atoms with Crippen LogP contribution in [0.3, 0.4) is 0 Å². The predicted octanol–water partition coefficient (Wildman–Crippen LogP) is 3.82. The second kappa shape index (κ2) is 3.50. The molecule has 1 fully saturated rings. The quantitative estimate of drug-likeness (QED) is 0.675. The van der Waals surface area contributed by atoms with Gasteiger partial charge in [0.15, 0.2) is 5.78 Å². The van der Waals surface area contributed by atoms with Crippen molar-refractivity contribution in [2.24, 2.45) is 5.41 Å². The van der Waals surface area contributed by atoms with Crippen molar-refractivity contribution in [3.63, 3.8) is 0 Å². The van der Waals surface area contributed by atoms with Gasteiger partial charge in [0.25, 0.3) is 0 Å². The van der Waals surface area contributed by atoms with Gasteiger partial charge in [0.05, 0.1) is 4.88 Å². The molecule has 76 valence electrons. The van der Waals surface area contributed by atoms with Crippen LogP contribution in [-0.2, 0) is 0 Å². The van der Waals surface area contributed by atoms with Crippen LogP contribution in [-0.4, -0.2) is 5.78 Å². The normalized spacial score (nSPS) is 19.9. The second-order valence-corrected chi connectivity index (χ2v) is 5.80. The molecule has 2 heteroatoms. The average Bonchev–Trinajstić information content (AvgIpc) is 2.74.